The number of alkyl halides is 2. The average molecular weight is 2150 g/mol. The zero-order valence-electron chi connectivity index (χ0n) is 55.7. The number of halogens is 2. The molecule has 106 heavy (non-hydrogen) atoms. The van der Waals surface area contributed by atoms with E-state index in [0.29, 0.717) is 59.6 Å². The Bertz CT molecular complexity index is 5420. The third-order valence-electron chi connectivity index (χ3n) is 17.1. The highest BCUT2D eigenvalue weighted by molar-refractivity contribution is 14.1. The Labute approximate surface area is 720 Å². The van der Waals surface area contributed by atoms with Gasteiger partial charge in [-0.2, -0.15) is 16.8 Å². The zero-order valence-corrected chi connectivity index (χ0v) is 82.2. The summed E-state index contributed by atoms with van der Waals surface area (Å²) in [5.41, 5.74) is 8.08. The molecule has 4 fully saturated rings. The van der Waals surface area contributed by atoms with Crippen molar-refractivity contribution in [1.29, 1.82) is 0 Å². The number of aliphatic hydroxyl groups excluding tert-OH is 2. The second-order valence-corrected chi connectivity index (χ2v) is 69.3. The summed E-state index contributed by atoms with van der Waals surface area (Å²) < 4.78 is 73.0. The van der Waals surface area contributed by atoms with Gasteiger partial charge in [-0.15, -0.1) is 10.2 Å². The van der Waals surface area contributed by atoms with Crippen LogP contribution in [-0.4, -0.2) is 153 Å². The SMILES string of the molecule is CI.CN1CCC2(CC1)C[C@H](Nc1ncnc3c1nnn3C1CC(O)C(COS(N)(=O)=O)C1)c1ccccc12.NS(=O)(=O)OCC1CC(n2nnc3c(N[C@H]4CC5(CCNCC5)c5ccccc54)ncnc32)CC1O.S=S=S=S=S=S=S=S=S=S=S=S=S=S.S=S=S=S=S=S=S=S=S=S=S=S=S=S=S.[2H]CF. The molecule has 0 amide bonds. The standard InChI is InChI=1S/C24H32N8O4S.C23H30N8O4S.CH3F.CH3I.S15.S14/c1-31-8-6-24(7-9-31)12-19(17-4-2-3-5-18(17)24)28-22-21-23(27-14-26-22)32(30-29-21)16-10-15(20(33)11-16)13-36-37(25,34)35;24-36(33,34)35-12-14-9-15(10-19(14)32)31-22-20(29-30-31)21(26-13-27-22)28-18-11-23(5-7-25-8-6-23)17-4-2-1-3-16(17)18;2*1-2;1-3-5-7-9-11-13-15-14-12-10-8-6-4-2;1-3-5-7-9-11-13-14-12-10-8-6-4-2/h2-5,14-16,19-20,33H,6-13H2,1H3,(H2,25,34,35)(H,26,27,28);1-4,13-15,18-19,25,32H,5-12H2,(H2,24,33,34)(H,26,27,28);2*1H3;;/t15?,16?,19-,20?;14?,15?,18-,19?;;;;/m00..../s1/i;;1D;;;. The van der Waals surface area contributed by atoms with Gasteiger partial charge in [-0.3, -0.25) is 12.8 Å². The number of piperidine rings is 2. The van der Waals surface area contributed by atoms with E-state index >= 15 is 0 Å². The summed E-state index contributed by atoms with van der Waals surface area (Å²) >= 11 is 21.0. The number of nitrogens with two attached hydrogens (primary N) is 2. The van der Waals surface area contributed by atoms with Crippen LogP contribution in [0.1, 0.15) is 112 Å². The zero-order chi connectivity index (χ0) is 77.1. The Morgan fingerprint density at radius 1 is 0.566 bits per heavy atom. The minimum atomic E-state index is -4.07. The van der Waals surface area contributed by atoms with Crippen LogP contribution in [0.25, 0.3) is 22.3 Å². The van der Waals surface area contributed by atoms with Gasteiger partial charge in [0.1, 0.15) is 12.7 Å². The van der Waals surface area contributed by atoms with Gasteiger partial charge in [-0.1, -0.05) is 81.5 Å². The molecule has 592 valence electrons. The van der Waals surface area contributed by atoms with Gasteiger partial charge < -0.3 is 31.1 Å². The number of hydrogen-bond acceptors (Lipinski definition) is 24. The van der Waals surface area contributed by atoms with Gasteiger partial charge in [0.2, 0.25) is 0 Å². The minimum Gasteiger partial charge on any atom is -0.393 e. The van der Waals surface area contributed by atoms with E-state index in [-0.39, 0.29) is 60.0 Å². The van der Waals surface area contributed by atoms with Gasteiger partial charge in [-0.05, 0) is 125 Å². The molecular formula is C49H68FIN16O8S31. The highest BCUT2D eigenvalue weighted by atomic mass is 127. The van der Waals surface area contributed by atoms with Crippen molar-refractivity contribution in [1.82, 2.24) is 60.1 Å². The Morgan fingerprint density at radius 3 is 1.24 bits per heavy atom. The van der Waals surface area contributed by atoms with Gasteiger partial charge in [0.05, 0.1) is 58.1 Å². The molecule has 12 rings (SSSR count). The molecular weight excluding hydrogens is 2080 g/mol. The van der Waals surface area contributed by atoms with Crippen LogP contribution < -0.4 is 26.2 Å². The number of aromatic nitrogens is 10. The normalized spacial score (nSPS) is 21.2. The van der Waals surface area contributed by atoms with Gasteiger partial charge in [0.15, 0.2) is 34.0 Å². The van der Waals surface area contributed by atoms with Crippen molar-refractivity contribution >= 4 is 344 Å². The van der Waals surface area contributed by atoms with E-state index in [9.17, 15) is 31.4 Å². The molecule has 24 nitrogen and oxygen atoms in total. The molecule has 4 aliphatic carbocycles. The predicted octanol–water partition coefficient (Wildman–Crippen LogP) is 3.77. The van der Waals surface area contributed by atoms with Crippen molar-refractivity contribution in [3.63, 3.8) is 0 Å². The van der Waals surface area contributed by atoms with Gasteiger partial charge in [-0.25, -0.2) is 39.6 Å². The molecule has 6 unspecified atom stereocenters. The molecule has 6 aliphatic rings. The lowest BCUT2D eigenvalue weighted by atomic mass is 9.74. The fraction of sp³-hybridized carbons (Fsp3) is 0.592. The first-order valence-corrected chi connectivity index (χ1v) is 71.2. The molecule has 2 spiro atoms. The maximum atomic E-state index is 11.2. The number of fused-ring (bicyclic) bond motifs is 6. The molecule has 8 atom stereocenters. The van der Waals surface area contributed by atoms with Crippen molar-refractivity contribution in [2.45, 2.75) is 111 Å². The van der Waals surface area contributed by atoms with E-state index in [4.69, 9.17) is 64.8 Å². The smallest absolute Gasteiger partial charge is 0.333 e. The third-order valence-corrected chi connectivity index (χ3v) is 69.2. The molecule has 57 heteroatoms. The average Bonchev–Trinajstić information content (AvgIpc) is 1.60. The highest BCUT2D eigenvalue weighted by Crippen LogP contribution is 2.53. The number of anilines is 2. The maximum Gasteiger partial charge on any atom is 0.333 e. The van der Waals surface area contributed by atoms with E-state index in [2.05, 4.69) is 140 Å². The molecule has 2 aliphatic heterocycles. The van der Waals surface area contributed by atoms with Gasteiger partial charge in [0.25, 0.3) is 0 Å². The largest absolute Gasteiger partial charge is 0.393 e. The highest BCUT2D eigenvalue weighted by Gasteiger charge is 2.47. The monoisotopic (exact) mass is 2150 g/mol. The molecule has 4 aromatic heterocycles. The quantitative estimate of drug-likeness (QED) is 0.0677. The lowest BCUT2D eigenvalue weighted by molar-refractivity contribution is 0.0997. The van der Waals surface area contributed by atoms with E-state index in [1.54, 1.807) is 196 Å². The summed E-state index contributed by atoms with van der Waals surface area (Å²) in [5.74, 6) is 0.490. The van der Waals surface area contributed by atoms with E-state index in [1.807, 2.05) is 4.93 Å². The van der Waals surface area contributed by atoms with Crippen LogP contribution >= 0.6 is 22.6 Å². The second-order valence-electron chi connectivity index (χ2n) is 22.6. The minimum absolute atomic E-state index is 0.107. The molecule has 2 aromatic carbocycles. The Balaban J connectivity index is 0.000000212. The summed E-state index contributed by atoms with van der Waals surface area (Å²) in [5, 5.41) is 59.1. The number of likely N-dealkylation sites (tertiary alicyclic amines) is 1. The first-order valence-electron chi connectivity index (χ1n) is 30.8. The fourth-order valence-corrected chi connectivity index (χ4v) is 71.4. The van der Waals surface area contributed by atoms with Crippen molar-refractivity contribution < 1.29 is 41.2 Å². The number of nitrogens with one attached hydrogen (secondary N) is 3. The summed E-state index contributed by atoms with van der Waals surface area (Å²) in [7, 11) is 34.7. The Hall–Kier alpha value is 1.62. The van der Waals surface area contributed by atoms with Crippen molar-refractivity contribution in [2.75, 3.05) is 69.2 Å². The molecule has 6 heterocycles. The Morgan fingerprint density at radius 2 is 0.896 bits per heavy atom. The maximum absolute atomic E-state index is 11.2. The van der Waals surface area contributed by atoms with Crippen LogP contribution in [-0.2, 0) is 307 Å². The summed E-state index contributed by atoms with van der Waals surface area (Å²) in [6.45, 7) is 3.85. The third kappa shape index (κ3) is 29.9. The van der Waals surface area contributed by atoms with Crippen molar-refractivity contribution in [3.05, 3.63) is 83.4 Å². The van der Waals surface area contributed by atoms with E-state index in [1.165, 1.54) is 70.4 Å². The fourth-order valence-electron chi connectivity index (χ4n) is 13.0. The van der Waals surface area contributed by atoms with Crippen LogP contribution in [0.4, 0.5) is 16.0 Å². The number of hydrogen-bond donors (Lipinski definition) is 7. The Kier molecular flexibility index (Phi) is 44.9. The van der Waals surface area contributed by atoms with Crippen LogP contribution in [0.15, 0.2) is 61.2 Å². The topological polar surface area (TPSA) is 332 Å². The first kappa shape index (κ1) is 93.1. The number of rotatable bonds is 12. The number of nitrogens with zero attached hydrogens (tertiary/aromatic N) is 11. The van der Waals surface area contributed by atoms with Crippen LogP contribution in [0.2, 0.25) is 0 Å². The molecule has 0 bridgehead atoms. The van der Waals surface area contributed by atoms with Gasteiger partial charge in [0, 0.05) is 289 Å². The summed E-state index contributed by atoms with van der Waals surface area (Å²) in [6, 6.07) is 17.2. The lowest BCUT2D eigenvalue weighted by Crippen LogP contribution is -2.39. The van der Waals surface area contributed by atoms with Crippen LogP contribution in [0, 0.1) is 11.8 Å². The summed E-state index contributed by atoms with van der Waals surface area (Å²) in [6.07, 6.45) is 9.70. The number of aliphatic hydroxyl groups is 2. The molecule has 9 N–H and O–H groups in total. The molecule has 0 radical (unpaired) electrons. The van der Waals surface area contributed by atoms with E-state index in [0.717, 1.165) is 64.7 Å². The second kappa shape index (κ2) is 51.1. The molecule has 2 saturated carbocycles. The molecule has 6 aromatic rings. The predicted molar refractivity (Wildman–Crippen MR) is 507 cm³/mol. The molecule has 2 saturated heterocycles. The van der Waals surface area contributed by atoms with Crippen molar-refractivity contribution in [3.8, 4) is 0 Å². The summed E-state index contributed by atoms with van der Waals surface area (Å²) in [4.78, 5) is 22.3. The number of benzene rings is 2. The van der Waals surface area contributed by atoms with Gasteiger partial charge >= 0.3 is 20.6 Å². The van der Waals surface area contributed by atoms with E-state index < -0.39 is 40.0 Å². The van der Waals surface area contributed by atoms with Crippen LogP contribution in [0.5, 0.6) is 0 Å². The first-order chi connectivity index (χ1) is 51.8. The van der Waals surface area contributed by atoms with Crippen LogP contribution in [0.3, 0.4) is 0 Å². The lowest BCUT2D eigenvalue weighted by Gasteiger charge is -2.39. The van der Waals surface area contributed by atoms with Crippen molar-refractivity contribution in [2.24, 2.45) is 22.1 Å².